The molecule has 0 aliphatic carbocycles. The predicted octanol–water partition coefficient (Wildman–Crippen LogP) is 4.20. The summed E-state index contributed by atoms with van der Waals surface area (Å²) in [7, 11) is 0. The Morgan fingerprint density at radius 2 is 1.79 bits per heavy atom. The molecule has 0 saturated carbocycles. The van der Waals surface area contributed by atoms with Gasteiger partial charge in [0, 0.05) is 10.9 Å². The van der Waals surface area contributed by atoms with Crippen molar-refractivity contribution in [1.29, 1.82) is 15.8 Å². The van der Waals surface area contributed by atoms with Gasteiger partial charge in [-0.2, -0.15) is 15.8 Å². The lowest BCUT2D eigenvalue weighted by atomic mass is 10.0. The van der Waals surface area contributed by atoms with Gasteiger partial charge in [0.25, 0.3) is 0 Å². The van der Waals surface area contributed by atoms with Gasteiger partial charge in [0.2, 0.25) is 0 Å². The minimum Gasteiger partial charge on any atom is -0.482 e. The molecule has 140 valence electrons. The van der Waals surface area contributed by atoms with Crippen LogP contribution in [0.4, 0.5) is 0 Å². The number of rotatable bonds is 6. The third-order valence-electron chi connectivity index (χ3n) is 4.20. The van der Waals surface area contributed by atoms with Gasteiger partial charge in [0.05, 0.1) is 29.0 Å². The number of aromatic nitrogens is 1. The molecule has 1 aromatic heterocycles. The molecule has 0 spiro atoms. The summed E-state index contributed by atoms with van der Waals surface area (Å²) in [4.78, 5) is 17.2. The van der Waals surface area contributed by atoms with Gasteiger partial charge in [0.15, 0.2) is 17.8 Å². The third-order valence-corrected chi connectivity index (χ3v) is 5.11. The van der Waals surface area contributed by atoms with Gasteiger partial charge >= 0.3 is 0 Å². The van der Waals surface area contributed by atoms with E-state index in [9.17, 15) is 10.1 Å². The van der Waals surface area contributed by atoms with E-state index in [4.69, 9.17) is 15.3 Å². The Morgan fingerprint density at radius 1 is 1.07 bits per heavy atom. The maximum Gasteiger partial charge on any atom is 0.196 e. The van der Waals surface area contributed by atoms with Crippen LogP contribution in [0.2, 0.25) is 0 Å². The monoisotopic (exact) mass is 398 g/mol. The van der Waals surface area contributed by atoms with Gasteiger partial charge in [-0.3, -0.25) is 4.79 Å². The van der Waals surface area contributed by atoms with Gasteiger partial charge in [-0.1, -0.05) is 24.3 Å². The van der Waals surface area contributed by atoms with E-state index in [1.54, 1.807) is 60.8 Å². The molecule has 0 bridgehead atoms. The van der Waals surface area contributed by atoms with Crippen LogP contribution < -0.4 is 4.74 Å². The molecule has 0 saturated heterocycles. The molecule has 0 radical (unpaired) electrons. The van der Waals surface area contributed by atoms with Crippen molar-refractivity contribution in [2.45, 2.75) is 18.9 Å². The Bertz CT molecular complexity index is 1160. The van der Waals surface area contributed by atoms with Crippen LogP contribution in [0.25, 0.3) is 11.3 Å². The minimum absolute atomic E-state index is 0.296. The fraction of sp³-hybridized carbons (Fsp3) is 0.136. The van der Waals surface area contributed by atoms with Gasteiger partial charge in [-0.25, -0.2) is 4.98 Å². The van der Waals surface area contributed by atoms with Crippen molar-refractivity contribution in [3.05, 3.63) is 70.0 Å². The Hall–Kier alpha value is -3.99. The van der Waals surface area contributed by atoms with Crippen LogP contribution >= 0.6 is 11.3 Å². The standard InChI is InChI=1S/C22H14N4O2S/c1-14(28-20-5-3-2-4-17(20)11-24)21(27)18(12-25)22-26-19(13-29-22)16-8-6-15(10-23)7-9-16/h2-9,13-14,18H,1H3. The molecule has 0 N–H and O–H groups in total. The zero-order valence-electron chi connectivity index (χ0n) is 15.4. The lowest BCUT2D eigenvalue weighted by Gasteiger charge is -2.16. The molecule has 0 fully saturated rings. The summed E-state index contributed by atoms with van der Waals surface area (Å²) in [5, 5.41) is 29.8. The second kappa shape index (κ2) is 8.80. The molecule has 0 aliphatic heterocycles. The van der Waals surface area contributed by atoms with E-state index < -0.39 is 17.8 Å². The fourth-order valence-electron chi connectivity index (χ4n) is 2.65. The maximum absolute atomic E-state index is 12.8. The van der Waals surface area contributed by atoms with Crippen molar-refractivity contribution < 1.29 is 9.53 Å². The number of para-hydroxylation sites is 1. The lowest BCUT2D eigenvalue weighted by Crippen LogP contribution is -2.29. The second-order valence-corrected chi connectivity index (χ2v) is 6.98. The molecule has 2 atom stereocenters. The molecule has 3 aromatic rings. The van der Waals surface area contributed by atoms with Crippen molar-refractivity contribution in [3.8, 4) is 35.2 Å². The lowest BCUT2D eigenvalue weighted by molar-refractivity contribution is -0.125. The summed E-state index contributed by atoms with van der Waals surface area (Å²) in [5.41, 5.74) is 2.28. The van der Waals surface area contributed by atoms with Gasteiger partial charge in [-0.15, -0.1) is 11.3 Å². The third kappa shape index (κ3) is 4.30. The number of benzene rings is 2. The first kappa shape index (κ1) is 19.8. The van der Waals surface area contributed by atoms with E-state index in [1.807, 2.05) is 12.1 Å². The SMILES string of the molecule is CC(Oc1ccccc1C#N)C(=O)C(C#N)c1nc(-c2ccc(C#N)cc2)cs1. The first-order chi connectivity index (χ1) is 14.1. The van der Waals surface area contributed by atoms with Crippen molar-refractivity contribution in [3.63, 3.8) is 0 Å². The zero-order valence-corrected chi connectivity index (χ0v) is 16.2. The number of nitriles is 3. The fourth-order valence-corrected chi connectivity index (χ4v) is 3.53. The first-order valence-electron chi connectivity index (χ1n) is 8.62. The number of ketones is 1. The Balaban J connectivity index is 1.79. The largest absolute Gasteiger partial charge is 0.482 e. The van der Waals surface area contributed by atoms with E-state index in [1.165, 1.54) is 11.3 Å². The molecule has 7 heteroatoms. The molecule has 2 unspecified atom stereocenters. The van der Waals surface area contributed by atoms with E-state index in [-0.39, 0.29) is 0 Å². The van der Waals surface area contributed by atoms with Crippen LogP contribution in [-0.2, 0) is 4.79 Å². The van der Waals surface area contributed by atoms with Crippen LogP contribution in [-0.4, -0.2) is 16.9 Å². The van der Waals surface area contributed by atoms with Crippen molar-refractivity contribution in [2.24, 2.45) is 0 Å². The number of hydrogen-bond donors (Lipinski definition) is 0. The smallest absolute Gasteiger partial charge is 0.196 e. The summed E-state index contributed by atoms with van der Waals surface area (Å²) >= 11 is 1.22. The highest BCUT2D eigenvalue weighted by molar-refractivity contribution is 7.10. The average Bonchev–Trinajstić information content (AvgIpc) is 3.24. The number of carbonyl (C=O) groups is 1. The molecule has 0 aliphatic rings. The molecular weight excluding hydrogens is 384 g/mol. The van der Waals surface area contributed by atoms with E-state index >= 15 is 0 Å². The first-order valence-corrected chi connectivity index (χ1v) is 9.50. The van der Waals surface area contributed by atoms with Gasteiger partial charge in [-0.05, 0) is 31.2 Å². The summed E-state index contributed by atoms with van der Waals surface area (Å²) in [6.07, 6.45) is -0.920. The summed E-state index contributed by atoms with van der Waals surface area (Å²) in [6, 6.07) is 19.6. The highest BCUT2D eigenvalue weighted by Crippen LogP contribution is 2.29. The molecule has 3 rings (SSSR count). The summed E-state index contributed by atoms with van der Waals surface area (Å²) in [5.74, 6) is -1.21. The Morgan fingerprint density at radius 3 is 2.45 bits per heavy atom. The molecule has 6 nitrogen and oxygen atoms in total. The molecule has 0 amide bonds. The van der Waals surface area contributed by atoms with Crippen molar-refractivity contribution >= 4 is 17.1 Å². The summed E-state index contributed by atoms with van der Waals surface area (Å²) < 4.78 is 5.64. The highest BCUT2D eigenvalue weighted by Gasteiger charge is 2.30. The predicted molar refractivity (Wildman–Crippen MR) is 107 cm³/mol. The van der Waals surface area contributed by atoms with Crippen molar-refractivity contribution in [1.82, 2.24) is 4.98 Å². The number of thiazole rings is 1. The van der Waals surface area contributed by atoms with Gasteiger partial charge in [0.1, 0.15) is 16.8 Å². The van der Waals surface area contributed by atoms with E-state index in [0.29, 0.717) is 27.6 Å². The van der Waals surface area contributed by atoms with Crippen LogP contribution in [0.3, 0.4) is 0 Å². The zero-order chi connectivity index (χ0) is 20.8. The summed E-state index contributed by atoms with van der Waals surface area (Å²) in [6.45, 7) is 1.55. The number of nitrogens with zero attached hydrogens (tertiary/aromatic N) is 4. The van der Waals surface area contributed by atoms with Crippen molar-refractivity contribution in [2.75, 3.05) is 0 Å². The maximum atomic E-state index is 12.8. The topological polar surface area (TPSA) is 111 Å². The van der Waals surface area contributed by atoms with Crippen LogP contribution in [0.5, 0.6) is 5.75 Å². The number of Topliss-reactive ketones (excluding diaryl/α,β-unsaturated/α-hetero) is 1. The van der Waals surface area contributed by atoms with Crippen LogP contribution in [0.1, 0.15) is 29.0 Å². The van der Waals surface area contributed by atoms with Crippen LogP contribution in [0, 0.1) is 34.0 Å². The Labute approximate surface area is 171 Å². The molecule has 2 aromatic carbocycles. The molecular formula is C22H14N4O2S. The molecule has 1 heterocycles. The number of carbonyl (C=O) groups excluding carboxylic acids is 1. The normalized spacial score (nSPS) is 12.1. The number of hydrogen-bond acceptors (Lipinski definition) is 7. The highest BCUT2D eigenvalue weighted by atomic mass is 32.1. The average molecular weight is 398 g/mol. The van der Waals surface area contributed by atoms with Gasteiger partial charge < -0.3 is 4.74 Å². The van der Waals surface area contributed by atoms with Crippen LogP contribution in [0.15, 0.2) is 53.9 Å². The minimum atomic E-state index is -1.07. The van der Waals surface area contributed by atoms with E-state index in [0.717, 1.165) is 5.56 Å². The molecule has 29 heavy (non-hydrogen) atoms. The van der Waals surface area contributed by atoms with E-state index in [2.05, 4.69) is 11.1 Å². The second-order valence-electron chi connectivity index (χ2n) is 6.09. The number of ether oxygens (including phenoxy) is 1. The quantitative estimate of drug-likeness (QED) is 0.615. The Kier molecular flexibility index (Phi) is 6.00.